The Labute approximate surface area is 107 Å². The van der Waals surface area contributed by atoms with E-state index in [1.165, 1.54) is 0 Å². The first-order chi connectivity index (χ1) is 8.31. The first kappa shape index (κ1) is 13.0. The van der Waals surface area contributed by atoms with Crippen molar-refractivity contribution in [2.24, 2.45) is 5.92 Å². The Morgan fingerprint density at radius 2 is 2.47 bits per heavy atom. The summed E-state index contributed by atoms with van der Waals surface area (Å²) in [6.45, 7) is 7.99. The molecule has 0 radical (unpaired) electrons. The number of nitrogens with zero attached hydrogens (tertiary/aromatic N) is 1. The van der Waals surface area contributed by atoms with Crippen LogP contribution in [0.15, 0.2) is 11.6 Å². The van der Waals surface area contributed by atoms with E-state index in [1.54, 1.807) is 11.3 Å². The molecule has 5 heteroatoms. The minimum atomic E-state index is 0.331. The lowest BCUT2D eigenvalue weighted by Crippen LogP contribution is -2.40. The molecule has 0 bridgehead atoms. The second-order valence-corrected chi connectivity index (χ2v) is 5.39. The van der Waals surface area contributed by atoms with Gasteiger partial charge in [0.2, 0.25) is 0 Å². The number of hydrogen-bond acceptors (Lipinski definition) is 5. The topological polar surface area (TPSA) is 46.2 Å². The third-order valence-electron chi connectivity index (χ3n) is 3.17. The first-order valence-corrected chi connectivity index (χ1v) is 7.13. The van der Waals surface area contributed by atoms with Crippen LogP contribution in [-0.2, 0) is 4.74 Å². The summed E-state index contributed by atoms with van der Waals surface area (Å²) in [6, 6.07) is 0.828. The summed E-state index contributed by atoms with van der Waals surface area (Å²) in [7, 11) is 0. The highest BCUT2D eigenvalue weighted by Crippen LogP contribution is 2.17. The van der Waals surface area contributed by atoms with Crippen molar-refractivity contribution in [1.29, 1.82) is 0 Å². The molecule has 17 heavy (non-hydrogen) atoms. The standard InChI is InChI=1S/C12H21N3OS/c1-3-13-11-8-16-7-10(11)6-15-9(2)12-14-4-5-17-12/h4-5,9-11,13,15H,3,6-8H2,1-2H3. The molecule has 96 valence electrons. The molecule has 1 aromatic rings. The van der Waals surface area contributed by atoms with E-state index in [0.29, 0.717) is 18.0 Å². The lowest BCUT2D eigenvalue weighted by molar-refractivity contribution is 0.182. The minimum Gasteiger partial charge on any atom is -0.379 e. The molecule has 1 aliphatic heterocycles. The Kier molecular flexibility index (Phi) is 4.91. The largest absolute Gasteiger partial charge is 0.379 e. The van der Waals surface area contributed by atoms with E-state index >= 15 is 0 Å². The summed E-state index contributed by atoms with van der Waals surface area (Å²) in [5.41, 5.74) is 0. The van der Waals surface area contributed by atoms with Crippen LogP contribution in [0.25, 0.3) is 0 Å². The summed E-state index contributed by atoms with van der Waals surface area (Å²) in [6.07, 6.45) is 1.86. The van der Waals surface area contributed by atoms with Crippen molar-refractivity contribution in [2.45, 2.75) is 25.9 Å². The smallest absolute Gasteiger partial charge is 0.109 e. The summed E-state index contributed by atoms with van der Waals surface area (Å²) in [4.78, 5) is 4.33. The van der Waals surface area contributed by atoms with Crippen molar-refractivity contribution >= 4 is 11.3 Å². The SMILES string of the molecule is CCNC1COCC1CNC(C)c1nccs1. The normalized spacial score (nSPS) is 26.2. The molecule has 1 aromatic heterocycles. The van der Waals surface area contributed by atoms with Gasteiger partial charge in [-0.25, -0.2) is 4.98 Å². The summed E-state index contributed by atoms with van der Waals surface area (Å²) in [5, 5.41) is 10.2. The Morgan fingerprint density at radius 3 is 3.18 bits per heavy atom. The molecule has 0 aliphatic carbocycles. The second-order valence-electron chi connectivity index (χ2n) is 4.46. The van der Waals surface area contributed by atoms with Crippen molar-refractivity contribution in [2.75, 3.05) is 26.3 Å². The molecular formula is C12H21N3OS. The van der Waals surface area contributed by atoms with E-state index in [2.05, 4.69) is 29.5 Å². The molecule has 1 aliphatic rings. The third kappa shape index (κ3) is 3.48. The van der Waals surface area contributed by atoms with Gasteiger partial charge >= 0.3 is 0 Å². The highest BCUT2D eigenvalue weighted by atomic mass is 32.1. The predicted molar refractivity (Wildman–Crippen MR) is 70.3 cm³/mol. The first-order valence-electron chi connectivity index (χ1n) is 6.25. The van der Waals surface area contributed by atoms with Crippen LogP contribution in [0.3, 0.4) is 0 Å². The molecule has 1 fully saturated rings. The van der Waals surface area contributed by atoms with Crippen molar-refractivity contribution in [1.82, 2.24) is 15.6 Å². The number of aromatic nitrogens is 1. The van der Waals surface area contributed by atoms with E-state index in [-0.39, 0.29) is 0 Å². The maximum Gasteiger partial charge on any atom is 0.109 e. The van der Waals surface area contributed by atoms with Gasteiger partial charge in [-0.05, 0) is 13.5 Å². The number of ether oxygens (including phenoxy) is 1. The molecule has 2 heterocycles. The maximum atomic E-state index is 5.53. The van der Waals surface area contributed by atoms with Crippen molar-refractivity contribution in [3.05, 3.63) is 16.6 Å². The van der Waals surface area contributed by atoms with Crippen LogP contribution in [0.4, 0.5) is 0 Å². The van der Waals surface area contributed by atoms with Crippen molar-refractivity contribution < 1.29 is 4.74 Å². The van der Waals surface area contributed by atoms with Crippen LogP contribution < -0.4 is 10.6 Å². The molecule has 1 saturated heterocycles. The van der Waals surface area contributed by atoms with E-state index < -0.39 is 0 Å². The van der Waals surface area contributed by atoms with Crippen LogP contribution in [0.2, 0.25) is 0 Å². The second kappa shape index (κ2) is 6.44. The Hall–Kier alpha value is -0.490. The molecule has 0 amide bonds. The minimum absolute atomic E-state index is 0.331. The molecule has 3 unspecified atom stereocenters. The Bertz CT molecular complexity index is 318. The van der Waals surface area contributed by atoms with Crippen LogP contribution in [0, 0.1) is 5.92 Å². The number of likely N-dealkylation sites (N-methyl/N-ethyl adjacent to an activating group) is 1. The number of rotatable bonds is 6. The highest BCUT2D eigenvalue weighted by Gasteiger charge is 2.27. The average Bonchev–Trinajstić information content (AvgIpc) is 2.97. The molecule has 2 N–H and O–H groups in total. The fraction of sp³-hybridized carbons (Fsp3) is 0.750. The predicted octanol–water partition coefficient (Wildman–Crippen LogP) is 1.42. The Morgan fingerprint density at radius 1 is 1.59 bits per heavy atom. The van der Waals surface area contributed by atoms with Gasteiger partial charge in [0.25, 0.3) is 0 Å². The lowest BCUT2D eigenvalue weighted by Gasteiger charge is -2.20. The monoisotopic (exact) mass is 255 g/mol. The summed E-state index contributed by atoms with van der Waals surface area (Å²) in [5.74, 6) is 0.567. The molecular weight excluding hydrogens is 234 g/mol. The molecule has 0 saturated carbocycles. The quantitative estimate of drug-likeness (QED) is 0.807. The van der Waals surface area contributed by atoms with Gasteiger partial charge in [0.1, 0.15) is 5.01 Å². The van der Waals surface area contributed by atoms with Crippen molar-refractivity contribution in [3.63, 3.8) is 0 Å². The van der Waals surface area contributed by atoms with Crippen LogP contribution >= 0.6 is 11.3 Å². The van der Waals surface area contributed by atoms with Crippen LogP contribution in [0.5, 0.6) is 0 Å². The van der Waals surface area contributed by atoms with Gasteiger partial charge in [-0.15, -0.1) is 11.3 Å². The zero-order chi connectivity index (χ0) is 12.1. The van der Waals surface area contributed by atoms with Gasteiger partial charge in [0.05, 0.1) is 19.3 Å². The van der Waals surface area contributed by atoms with Crippen molar-refractivity contribution in [3.8, 4) is 0 Å². The van der Waals surface area contributed by atoms with Crippen LogP contribution in [0.1, 0.15) is 24.9 Å². The Balaban J connectivity index is 1.77. The van der Waals surface area contributed by atoms with E-state index in [0.717, 1.165) is 31.3 Å². The van der Waals surface area contributed by atoms with E-state index in [4.69, 9.17) is 4.74 Å². The fourth-order valence-electron chi connectivity index (χ4n) is 2.15. The number of nitrogens with one attached hydrogen (secondary N) is 2. The molecule has 4 nitrogen and oxygen atoms in total. The number of thiazole rings is 1. The third-order valence-corrected chi connectivity index (χ3v) is 4.13. The van der Waals surface area contributed by atoms with Gasteiger partial charge in [0, 0.05) is 30.1 Å². The van der Waals surface area contributed by atoms with Gasteiger partial charge in [-0.1, -0.05) is 6.92 Å². The highest BCUT2D eigenvalue weighted by molar-refractivity contribution is 7.09. The fourth-order valence-corrected chi connectivity index (χ4v) is 2.82. The number of hydrogen-bond donors (Lipinski definition) is 2. The summed E-state index contributed by atoms with van der Waals surface area (Å²) >= 11 is 1.70. The van der Waals surface area contributed by atoms with Gasteiger partial charge in [-0.3, -0.25) is 0 Å². The zero-order valence-electron chi connectivity index (χ0n) is 10.5. The lowest BCUT2D eigenvalue weighted by atomic mass is 10.0. The molecule has 2 rings (SSSR count). The molecule has 3 atom stereocenters. The van der Waals surface area contributed by atoms with Gasteiger partial charge in [0.15, 0.2) is 0 Å². The molecule has 0 spiro atoms. The summed E-state index contributed by atoms with van der Waals surface area (Å²) < 4.78 is 5.53. The van der Waals surface area contributed by atoms with E-state index in [9.17, 15) is 0 Å². The zero-order valence-corrected chi connectivity index (χ0v) is 11.3. The maximum absolute atomic E-state index is 5.53. The average molecular weight is 255 g/mol. The molecule has 0 aromatic carbocycles. The van der Waals surface area contributed by atoms with Crippen LogP contribution in [-0.4, -0.2) is 37.3 Å². The van der Waals surface area contributed by atoms with Gasteiger partial charge in [-0.2, -0.15) is 0 Å². The van der Waals surface area contributed by atoms with E-state index in [1.807, 2.05) is 11.6 Å². The van der Waals surface area contributed by atoms with Gasteiger partial charge < -0.3 is 15.4 Å².